The Labute approximate surface area is 86.7 Å². The Kier molecular flexibility index (Phi) is 4.78. The van der Waals surface area contributed by atoms with Crippen LogP contribution in [0.2, 0.25) is 10.3 Å². The number of hydrogen-bond acceptors (Lipinski definition) is 3. The van der Waals surface area contributed by atoms with E-state index in [4.69, 9.17) is 28.9 Å². The van der Waals surface area contributed by atoms with Crippen molar-refractivity contribution in [1.29, 1.82) is 0 Å². The van der Waals surface area contributed by atoms with E-state index >= 15 is 0 Å². The zero-order chi connectivity index (χ0) is 8.43. The van der Waals surface area contributed by atoms with Crippen LogP contribution in [-0.2, 0) is 0 Å². The van der Waals surface area contributed by atoms with Crippen molar-refractivity contribution >= 4 is 35.6 Å². The highest BCUT2D eigenvalue weighted by Crippen LogP contribution is 2.14. The molecular formula is C6H8Cl3N3. The second kappa shape index (κ2) is 4.82. The predicted octanol–water partition coefficient (Wildman–Crippen LogP) is 2.22. The fraction of sp³-hybridized carbons (Fsp3) is 0.333. The fourth-order valence-corrected chi connectivity index (χ4v) is 1.05. The third-order valence-electron chi connectivity index (χ3n) is 1.09. The Morgan fingerprint density at radius 2 is 1.75 bits per heavy atom. The van der Waals surface area contributed by atoms with Gasteiger partial charge in [0.15, 0.2) is 0 Å². The monoisotopic (exact) mass is 227 g/mol. The summed E-state index contributed by atoms with van der Waals surface area (Å²) >= 11 is 11.2. The van der Waals surface area contributed by atoms with E-state index in [-0.39, 0.29) is 18.4 Å². The molecule has 1 unspecified atom stereocenters. The summed E-state index contributed by atoms with van der Waals surface area (Å²) in [6.45, 7) is 1.77. The maximum Gasteiger partial charge on any atom is 0.148 e. The summed E-state index contributed by atoms with van der Waals surface area (Å²) in [6.07, 6.45) is 0. The van der Waals surface area contributed by atoms with Crippen molar-refractivity contribution in [1.82, 2.24) is 9.97 Å². The molecule has 0 bridgehead atoms. The van der Waals surface area contributed by atoms with Crippen LogP contribution in [0.5, 0.6) is 0 Å². The lowest BCUT2D eigenvalue weighted by Crippen LogP contribution is -2.09. The number of nitrogens with zero attached hydrogens (tertiary/aromatic N) is 2. The van der Waals surface area contributed by atoms with Crippen molar-refractivity contribution in [2.75, 3.05) is 0 Å². The first kappa shape index (κ1) is 11.9. The Balaban J connectivity index is 0.00000121. The van der Waals surface area contributed by atoms with Gasteiger partial charge in [-0.3, -0.25) is 0 Å². The minimum absolute atomic E-state index is 0. The fourth-order valence-electron chi connectivity index (χ4n) is 0.610. The van der Waals surface area contributed by atoms with E-state index < -0.39 is 0 Å². The lowest BCUT2D eigenvalue weighted by molar-refractivity contribution is 0.739. The van der Waals surface area contributed by atoms with Gasteiger partial charge in [-0.15, -0.1) is 12.4 Å². The van der Waals surface area contributed by atoms with E-state index in [1.165, 1.54) is 6.07 Å². The summed E-state index contributed by atoms with van der Waals surface area (Å²) in [5.74, 6) is 0.461. The quantitative estimate of drug-likeness (QED) is 0.750. The van der Waals surface area contributed by atoms with Gasteiger partial charge in [0, 0.05) is 6.07 Å². The standard InChI is InChI=1S/C6H7Cl2N3.ClH/c1-3(9)6-10-4(7)2-5(8)11-6;/h2-3H,9H2,1H3;1H. The first-order valence-corrected chi connectivity index (χ1v) is 3.81. The second-order valence-corrected chi connectivity index (χ2v) is 2.93. The maximum absolute atomic E-state index is 5.60. The van der Waals surface area contributed by atoms with Crippen LogP contribution < -0.4 is 5.73 Å². The van der Waals surface area contributed by atoms with Crippen molar-refractivity contribution < 1.29 is 0 Å². The molecule has 0 spiro atoms. The molecule has 1 rings (SSSR count). The normalized spacial score (nSPS) is 12.0. The number of hydrogen-bond donors (Lipinski definition) is 1. The van der Waals surface area contributed by atoms with Crippen LogP contribution in [0.15, 0.2) is 6.07 Å². The van der Waals surface area contributed by atoms with Gasteiger partial charge in [0.2, 0.25) is 0 Å². The molecule has 1 aromatic heterocycles. The molecule has 0 radical (unpaired) electrons. The average Bonchev–Trinajstić information content (AvgIpc) is 1.85. The highest BCUT2D eigenvalue weighted by molar-refractivity contribution is 6.33. The summed E-state index contributed by atoms with van der Waals surface area (Å²) in [5.41, 5.74) is 5.51. The van der Waals surface area contributed by atoms with Crippen LogP contribution in [-0.4, -0.2) is 9.97 Å². The van der Waals surface area contributed by atoms with Crippen molar-refractivity contribution in [3.8, 4) is 0 Å². The number of halogens is 3. The SMILES string of the molecule is CC(N)c1nc(Cl)cc(Cl)n1.Cl. The number of rotatable bonds is 1. The van der Waals surface area contributed by atoms with Crippen molar-refractivity contribution in [3.05, 3.63) is 22.2 Å². The van der Waals surface area contributed by atoms with Crippen LogP contribution in [0.3, 0.4) is 0 Å². The predicted molar refractivity (Wildman–Crippen MR) is 51.9 cm³/mol. The van der Waals surface area contributed by atoms with Gasteiger partial charge in [0.25, 0.3) is 0 Å². The molecule has 1 aromatic rings. The van der Waals surface area contributed by atoms with Gasteiger partial charge in [0.1, 0.15) is 16.1 Å². The minimum Gasteiger partial charge on any atom is -0.322 e. The number of nitrogens with two attached hydrogens (primary N) is 1. The van der Waals surface area contributed by atoms with Gasteiger partial charge in [-0.05, 0) is 6.92 Å². The molecule has 0 aliphatic rings. The lowest BCUT2D eigenvalue weighted by Gasteiger charge is -2.02. The molecule has 0 amide bonds. The van der Waals surface area contributed by atoms with E-state index in [1.807, 2.05) is 0 Å². The Morgan fingerprint density at radius 3 is 2.08 bits per heavy atom. The van der Waals surface area contributed by atoms with Gasteiger partial charge in [0.05, 0.1) is 6.04 Å². The van der Waals surface area contributed by atoms with Crippen molar-refractivity contribution in [2.24, 2.45) is 5.73 Å². The minimum atomic E-state index is -0.244. The molecule has 1 heterocycles. The molecule has 12 heavy (non-hydrogen) atoms. The lowest BCUT2D eigenvalue weighted by atomic mass is 10.3. The van der Waals surface area contributed by atoms with Gasteiger partial charge < -0.3 is 5.73 Å². The van der Waals surface area contributed by atoms with E-state index in [1.54, 1.807) is 6.92 Å². The van der Waals surface area contributed by atoms with E-state index in [9.17, 15) is 0 Å². The molecule has 0 aromatic carbocycles. The first-order chi connectivity index (χ1) is 5.09. The molecule has 3 nitrogen and oxygen atoms in total. The molecule has 0 saturated heterocycles. The molecule has 68 valence electrons. The summed E-state index contributed by atoms with van der Waals surface area (Å²) in [7, 11) is 0. The molecule has 0 aliphatic heterocycles. The Bertz CT molecular complexity index is 244. The van der Waals surface area contributed by atoms with Gasteiger partial charge in [-0.25, -0.2) is 9.97 Å². The molecular weight excluding hydrogens is 220 g/mol. The van der Waals surface area contributed by atoms with Crippen molar-refractivity contribution in [3.63, 3.8) is 0 Å². The third kappa shape index (κ3) is 3.11. The molecule has 0 aliphatic carbocycles. The average molecular weight is 229 g/mol. The molecule has 0 fully saturated rings. The summed E-state index contributed by atoms with van der Waals surface area (Å²) in [6, 6.07) is 1.22. The largest absolute Gasteiger partial charge is 0.322 e. The van der Waals surface area contributed by atoms with E-state index in [0.717, 1.165) is 0 Å². The summed E-state index contributed by atoms with van der Waals surface area (Å²) < 4.78 is 0. The maximum atomic E-state index is 5.60. The zero-order valence-corrected chi connectivity index (χ0v) is 8.62. The first-order valence-electron chi connectivity index (χ1n) is 3.05. The third-order valence-corrected chi connectivity index (χ3v) is 1.48. The van der Waals surface area contributed by atoms with Crippen molar-refractivity contribution in [2.45, 2.75) is 13.0 Å². The van der Waals surface area contributed by atoms with E-state index in [0.29, 0.717) is 16.1 Å². The second-order valence-electron chi connectivity index (χ2n) is 2.16. The van der Waals surface area contributed by atoms with Crippen LogP contribution in [0.4, 0.5) is 0 Å². The molecule has 2 N–H and O–H groups in total. The van der Waals surface area contributed by atoms with Crippen LogP contribution in [0.1, 0.15) is 18.8 Å². The highest BCUT2D eigenvalue weighted by Gasteiger charge is 2.04. The smallest absolute Gasteiger partial charge is 0.148 e. The highest BCUT2D eigenvalue weighted by atomic mass is 35.5. The van der Waals surface area contributed by atoms with Gasteiger partial charge >= 0.3 is 0 Å². The van der Waals surface area contributed by atoms with Crippen LogP contribution in [0.25, 0.3) is 0 Å². The van der Waals surface area contributed by atoms with Gasteiger partial charge in [-0.2, -0.15) is 0 Å². The Hall–Kier alpha value is -0.0900. The topological polar surface area (TPSA) is 51.8 Å². The Morgan fingerprint density at radius 1 is 1.33 bits per heavy atom. The van der Waals surface area contributed by atoms with Gasteiger partial charge in [-0.1, -0.05) is 23.2 Å². The molecule has 0 saturated carbocycles. The summed E-state index contributed by atoms with van der Waals surface area (Å²) in [4.78, 5) is 7.76. The number of aromatic nitrogens is 2. The van der Waals surface area contributed by atoms with Crippen LogP contribution >= 0.6 is 35.6 Å². The molecule has 1 atom stereocenters. The van der Waals surface area contributed by atoms with E-state index in [2.05, 4.69) is 9.97 Å². The van der Waals surface area contributed by atoms with Crippen LogP contribution in [0, 0.1) is 0 Å². The molecule has 6 heteroatoms. The zero-order valence-electron chi connectivity index (χ0n) is 6.29. The summed E-state index contributed by atoms with van der Waals surface area (Å²) in [5, 5.41) is 0.634.